The minimum absolute atomic E-state index is 0.0317. The number of aromatic nitrogens is 2. The fourth-order valence-corrected chi connectivity index (χ4v) is 3.87. The van der Waals surface area contributed by atoms with Crippen LogP contribution >= 0.6 is 0 Å². The number of carbonyl (C=O) groups is 2. The Labute approximate surface area is 147 Å². The van der Waals surface area contributed by atoms with Gasteiger partial charge in [-0.05, 0) is 20.3 Å². The van der Waals surface area contributed by atoms with Crippen LogP contribution in [0.2, 0.25) is 0 Å². The molecule has 0 aliphatic carbocycles. The molecule has 0 radical (unpaired) electrons. The molecule has 3 heterocycles. The van der Waals surface area contributed by atoms with Crippen LogP contribution in [0.15, 0.2) is 4.52 Å². The van der Waals surface area contributed by atoms with E-state index in [1.54, 1.807) is 11.8 Å². The SMILES string of the molecule is CCC[C@H](C)N1C[C@H](C(=O)N2C[C@H](O)C[C@@H]2c2nc(C)no2)CC1=O. The van der Waals surface area contributed by atoms with Crippen molar-refractivity contribution in [2.45, 2.75) is 64.6 Å². The Morgan fingerprint density at radius 1 is 1.44 bits per heavy atom. The van der Waals surface area contributed by atoms with E-state index in [0.29, 0.717) is 24.7 Å². The Morgan fingerprint density at radius 3 is 2.84 bits per heavy atom. The highest BCUT2D eigenvalue weighted by atomic mass is 16.5. The molecule has 2 saturated heterocycles. The van der Waals surface area contributed by atoms with Crippen LogP contribution in [-0.4, -0.2) is 62.1 Å². The van der Waals surface area contributed by atoms with Gasteiger partial charge in [0.25, 0.3) is 0 Å². The first-order valence-corrected chi connectivity index (χ1v) is 8.98. The van der Waals surface area contributed by atoms with E-state index >= 15 is 0 Å². The van der Waals surface area contributed by atoms with E-state index in [1.165, 1.54) is 0 Å². The average Bonchev–Trinajstić information content (AvgIpc) is 3.25. The van der Waals surface area contributed by atoms with Crippen LogP contribution in [0.4, 0.5) is 0 Å². The van der Waals surface area contributed by atoms with Crippen molar-refractivity contribution in [1.29, 1.82) is 0 Å². The predicted molar refractivity (Wildman–Crippen MR) is 88.3 cm³/mol. The molecule has 0 aromatic carbocycles. The molecule has 3 rings (SSSR count). The Morgan fingerprint density at radius 2 is 2.20 bits per heavy atom. The summed E-state index contributed by atoms with van der Waals surface area (Å²) in [6.07, 6.45) is 1.92. The smallest absolute Gasteiger partial charge is 0.249 e. The normalized spacial score (nSPS) is 28.0. The average molecular weight is 350 g/mol. The van der Waals surface area contributed by atoms with E-state index in [9.17, 15) is 14.7 Å². The van der Waals surface area contributed by atoms with Gasteiger partial charge in [-0.1, -0.05) is 18.5 Å². The molecule has 2 aliphatic rings. The van der Waals surface area contributed by atoms with Gasteiger partial charge in [-0.3, -0.25) is 9.59 Å². The van der Waals surface area contributed by atoms with Gasteiger partial charge in [-0.25, -0.2) is 0 Å². The van der Waals surface area contributed by atoms with Gasteiger partial charge in [0.15, 0.2) is 5.82 Å². The number of β-amino-alcohol motifs (C(OH)–C–C–N with tert-alkyl or cyclic N) is 1. The standard InChI is InChI=1S/C17H26N4O4/c1-4-5-10(2)20-8-12(6-15(20)23)17(24)21-9-13(22)7-14(21)16-18-11(3)19-25-16/h10,12-14,22H,4-9H2,1-3H3/t10-,12+,13+,14+/m0/s1. The number of aliphatic hydroxyl groups is 1. The van der Waals surface area contributed by atoms with Gasteiger partial charge in [-0.2, -0.15) is 4.98 Å². The lowest BCUT2D eigenvalue weighted by Gasteiger charge is -2.26. The Kier molecular flexibility index (Phi) is 5.08. The van der Waals surface area contributed by atoms with E-state index in [2.05, 4.69) is 17.1 Å². The van der Waals surface area contributed by atoms with Crippen LogP contribution in [0.1, 0.15) is 57.3 Å². The van der Waals surface area contributed by atoms with Crippen molar-refractivity contribution in [2.24, 2.45) is 5.92 Å². The monoisotopic (exact) mass is 350 g/mol. The first-order valence-electron chi connectivity index (χ1n) is 8.98. The number of aliphatic hydroxyl groups excluding tert-OH is 1. The molecule has 2 aliphatic heterocycles. The number of amides is 2. The Balaban J connectivity index is 1.72. The second kappa shape index (κ2) is 7.11. The van der Waals surface area contributed by atoms with Gasteiger partial charge < -0.3 is 19.4 Å². The predicted octanol–water partition coefficient (Wildman–Crippen LogP) is 1.05. The first kappa shape index (κ1) is 17.8. The van der Waals surface area contributed by atoms with Crippen molar-refractivity contribution >= 4 is 11.8 Å². The first-order chi connectivity index (χ1) is 11.9. The van der Waals surface area contributed by atoms with E-state index in [0.717, 1.165) is 12.8 Å². The van der Waals surface area contributed by atoms with Crippen molar-refractivity contribution in [3.05, 3.63) is 11.7 Å². The molecular formula is C17H26N4O4. The fourth-order valence-electron chi connectivity index (χ4n) is 3.87. The van der Waals surface area contributed by atoms with Crippen LogP contribution in [0.5, 0.6) is 0 Å². The molecule has 0 saturated carbocycles. The van der Waals surface area contributed by atoms with E-state index in [1.807, 2.05) is 11.8 Å². The Hall–Kier alpha value is -1.96. The van der Waals surface area contributed by atoms with Crippen LogP contribution in [0.3, 0.4) is 0 Å². The van der Waals surface area contributed by atoms with Gasteiger partial charge in [0.05, 0.1) is 12.0 Å². The van der Waals surface area contributed by atoms with Crippen molar-refractivity contribution in [3.63, 3.8) is 0 Å². The second-order valence-electron chi connectivity index (χ2n) is 7.16. The van der Waals surface area contributed by atoms with Crippen LogP contribution in [0, 0.1) is 12.8 Å². The summed E-state index contributed by atoms with van der Waals surface area (Å²) in [5.41, 5.74) is 0. The molecule has 0 unspecified atom stereocenters. The summed E-state index contributed by atoms with van der Waals surface area (Å²) in [7, 11) is 0. The summed E-state index contributed by atoms with van der Waals surface area (Å²) in [4.78, 5) is 32.9. The highest BCUT2D eigenvalue weighted by Gasteiger charge is 2.44. The zero-order valence-electron chi connectivity index (χ0n) is 15.0. The third-order valence-corrected chi connectivity index (χ3v) is 5.14. The summed E-state index contributed by atoms with van der Waals surface area (Å²) < 4.78 is 5.21. The highest BCUT2D eigenvalue weighted by molar-refractivity contribution is 5.89. The molecule has 2 amide bonds. The van der Waals surface area contributed by atoms with Crippen molar-refractivity contribution < 1.29 is 19.2 Å². The van der Waals surface area contributed by atoms with Crippen LogP contribution in [0.25, 0.3) is 0 Å². The molecule has 1 N–H and O–H groups in total. The second-order valence-corrected chi connectivity index (χ2v) is 7.16. The van der Waals surface area contributed by atoms with Gasteiger partial charge >= 0.3 is 0 Å². The lowest BCUT2D eigenvalue weighted by molar-refractivity contribution is -0.137. The number of aryl methyl sites for hydroxylation is 1. The minimum atomic E-state index is -0.617. The molecule has 0 bridgehead atoms. The molecule has 8 heteroatoms. The van der Waals surface area contributed by atoms with Crippen molar-refractivity contribution in [2.75, 3.05) is 13.1 Å². The summed E-state index contributed by atoms with van der Waals surface area (Å²) >= 11 is 0. The number of hydrogen-bond acceptors (Lipinski definition) is 6. The Bertz CT molecular complexity index is 646. The molecule has 0 spiro atoms. The molecule has 1 aromatic rings. The molecule has 8 nitrogen and oxygen atoms in total. The summed E-state index contributed by atoms with van der Waals surface area (Å²) in [6, 6.07) is -0.269. The maximum Gasteiger partial charge on any atom is 0.249 e. The third kappa shape index (κ3) is 3.53. The maximum absolute atomic E-state index is 13.0. The van der Waals surface area contributed by atoms with Crippen LogP contribution in [-0.2, 0) is 9.59 Å². The number of likely N-dealkylation sites (tertiary alicyclic amines) is 2. The van der Waals surface area contributed by atoms with E-state index in [4.69, 9.17) is 4.52 Å². The van der Waals surface area contributed by atoms with E-state index < -0.39 is 12.1 Å². The van der Waals surface area contributed by atoms with Gasteiger partial charge in [-0.15, -0.1) is 0 Å². The van der Waals surface area contributed by atoms with E-state index in [-0.39, 0.29) is 36.7 Å². The quantitative estimate of drug-likeness (QED) is 0.852. The van der Waals surface area contributed by atoms with Gasteiger partial charge in [0.1, 0.15) is 6.04 Å². The fraction of sp³-hybridized carbons (Fsp3) is 0.765. The zero-order valence-corrected chi connectivity index (χ0v) is 15.0. The number of nitrogens with zero attached hydrogens (tertiary/aromatic N) is 4. The van der Waals surface area contributed by atoms with Crippen LogP contribution < -0.4 is 0 Å². The zero-order chi connectivity index (χ0) is 18.1. The molecule has 138 valence electrons. The molecular weight excluding hydrogens is 324 g/mol. The molecule has 4 atom stereocenters. The summed E-state index contributed by atoms with van der Waals surface area (Å²) in [5, 5.41) is 13.8. The molecule has 1 aromatic heterocycles. The molecule has 25 heavy (non-hydrogen) atoms. The largest absolute Gasteiger partial charge is 0.391 e. The molecule has 2 fully saturated rings. The summed E-state index contributed by atoms with van der Waals surface area (Å²) in [6.45, 7) is 6.51. The third-order valence-electron chi connectivity index (χ3n) is 5.14. The lowest BCUT2D eigenvalue weighted by atomic mass is 10.1. The lowest BCUT2D eigenvalue weighted by Crippen LogP contribution is -2.39. The highest BCUT2D eigenvalue weighted by Crippen LogP contribution is 2.34. The van der Waals surface area contributed by atoms with Crippen molar-refractivity contribution in [1.82, 2.24) is 19.9 Å². The number of carbonyl (C=O) groups excluding carboxylic acids is 2. The topological polar surface area (TPSA) is 99.8 Å². The number of hydrogen-bond donors (Lipinski definition) is 1. The summed E-state index contributed by atoms with van der Waals surface area (Å²) in [5.74, 6) is 0.395. The van der Waals surface area contributed by atoms with Crippen molar-refractivity contribution in [3.8, 4) is 0 Å². The number of rotatable bonds is 5. The van der Waals surface area contributed by atoms with Gasteiger partial charge in [0, 0.05) is 32.0 Å². The van der Waals surface area contributed by atoms with Gasteiger partial charge in [0.2, 0.25) is 17.7 Å². The maximum atomic E-state index is 13.0. The minimum Gasteiger partial charge on any atom is -0.391 e.